The highest BCUT2D eigenvalue weighted by atomic mass is 16.4. The summed E-state index contributed by atoms with van der Waals surface area (Å²) in [7, 11) is 0. The van der Waals surface area contributed by atoms with E-state index in [0.717, 1.165) is 18.8 Å². The van der Waals surface area contributed by atoms with E-state index >= 15 is 0 Å². The van der Waals surface area contributed by atoms with Crippen LogP contribution in [-0.2, 0) is 4.79 Å². The standard InChI is InChI=1S/C13H24O2/c14-13(15)11-5-3-1-2-4-8-12-9-6-7-10-12/h12H,1-11H2,(H,14,15). The molecule has 1 fully saturated rings. The van der Waals surface area contributed by atoms with E-state index in [-0.39, 0.29) is 0 Å². The third kappa shape index (κ3) is 6.53. The Morgan fingerprint density at radius 3 is 2.27 bits per heavy atom. The lowest BCUT2D eigenvalue weighted by molar-refractivity contribution is -0.137. The van der Waals surface area contributed by atoms with Crippen molar-refractivity contribution in [2.24, 2.45) is 5.92 Å². The van der Waals surface area contributed by atoms with E-state index in [4.69, 9.17) is 5.11 Å². The van der Waals surface area contributed by atoms with E-state index in [1.807, 2.05) is 0 Å². The summed E-state index contributed by atoms with van der Waals surface area (Å²) in [6, 6.07) is 0. The fraction of sp³-hybridized carbons (Fsp3) is 0.923. The largest absolute Gasteiger partial charge is 0.481 e. The van der Waals surface area contributed by atoms with E-state index in [1.54, 1.807) is 0 Å². The number of aliphatic carboxylic acids is 1. The summed E-state index contributed by atoms with van der Waals surface area (Å²) in [6.07, 6.45) is 13.4. The molecule has 0 bridgehead atoms. The number of hydrogen-bond donors (Lipinski definition) is 1. The number of hydrogen-bond acceptors (Lipinski definition) is 1. The zero-order chi connectivity index (χ0) is 10.9. The summed E-state index contributed by atoms with van der Waals surface area (Å²) in [6.45, 7) is 0. The van der Waals surface area contributed by atoms with Gasteiger partial charge >= 0.3 is 5.97 Å². The Hall–Kier alpha value is -0.530. The molecule has 1 aliphatic carbocycles. The molecule has 1 saturated carbocycles. The van der Waals surface area contributed by atoms with Gasteiger partial charge in [0.25, 0.3) is 0 Å². The summed E-state index contributed by atoms with van der Waals surface area (Å²) >= 11 is 0. The van der Waals surface area contributed by atoms with Crippen molar-refractivity contribution in [2.75, 3.05) is 0 Å². The molecule has 0 aromatic heterocycles. The van der Waals surface area contributed by atoms with Gasteiger partial charge < -0.3 is 5.11 Å². The molecule has 88 valence electrons. The average Bonchev–Trinajstić information content (AvgIpc) is 2.68. The van der Waals surface area contributed by atoms with E-state index < -0.39 is 5.97 Å². The first-order valence-electron chi connectivity index (χ1n) is 6.51. The molecule has 0 aromatic rings. The van der Waals surface area contributed by atoms with Crippen molar-refractivity contribution in [2.45, 2.75) is 70.6 Å². The first-order valence-corrected chi connectivity index (χ1v) is 6.51. The van der Waals surface area contributed by atoms with Crippen molar-refractivity contribution in [3.63, 3.8) is 0 Å². The zero-order valence-corrected chi connectivity index (χ0v) is 9.71. The van der Waals surface area contributed by atoms with Crippen LogP contribution in [0.2, 0.25) is 0 Å². The van der Waals surface area contributed by atoms with Gasteiger partial charge in [-0.2, -0.15) is 0 Å². The molecule has 0 atom stereocenters. The van der Waals surface area contributed by atoms with Crippen molar-refractivity contribution in [3.05, 3.63) is 0 Å². The van der Waals surface area contributed by atoms with Crippen LogP contribution in [-0.4, -0.2) is 11.1 Å². The summed E-state index contributed by atoms with van der Waals surface area (Å²) in [5.74, 6) is 0.366. The molecule has 2 heteroatoms. The lowest BCUT2D eigenvalue weighted by Gasteiger charge is -2.07. The molecule has 1 rings (SSSR count). The molecule has 0 unspecified atom stereocenters. The average molecular weight is 212 g/mol. The van der Waals surface area contributed by atoms with Gasteiger partial charge in [0.15, 0.2) is 0 Å². The van der Waals surface area contributed by atoms with E-state index in [2.05, 4.69) is 0 Å². The number of unbranched alkanes of at least 4 members (excludes halogenated alkanes) is 4. The summed E-state index contributed by atoms with van der Waals surface area (Å²) in [4.78, 5) is 10.3. The summed E-state index contributed by atoms with van der Waals surface area (Å²) in [5.41, 5.74) is 0. The van der Waals surface area contributed by atoms with Crippen LogP contribution in [0.25, 0.3) is 0 Å². The third-order valence-electron chi connectivity index (χ3n) is 3.48. The van der Waals surface area contributed by atoms with Crippen LogP contribution in [0.4, 0.5) is 0 Å². The monoisotopic (exact) mass is 212 g/mol. The molecule has 0 aliphatic heterocycles. The molecule has 15 heavy (non-hydrogen) atoms. The van der Waals surface area contributed by atoms with Crippen molar-refractivity contribution in [3.8, 4) is 0 Å². The van der Waals surface area contributed by atoms with Gasteiger partial charge in [0.2, 0.25) is 0 Å². The predicted octanol–water partition coefficient (Wildman–Crippen LogP) is 3.99. The second-order valence-electron chi connectivity index (χ2n) is 4.85. The topological polar surface area (TPSA) is 37.3 Å². The van der Waals surface area contributed by atoms with Gasteiger partial charge in [0.05, 0.1) is 0 Å². The molecule has 0 aromatic carbocycles. The second kappa shape index (κ2) is 7.72. The zero-order valence-electron chi connectivity index (χ0n) is 9.71. The van der Waals surface area contributed by atoms with Crippen molar-refractivity contribution >= 4 is 5.97 Å². The van der Waals surface area contributed by atoms with Gasteiger partial charge in [-0.05, 0) is 12.3 Å². The minimum atomic E-state index is -0.652. The van der Waals surface area contributed by atoms with Crippen LogP contribution in [0.3, 0.4) is 0 Å². The first-order chi connectivity index (χ1) is 7.29. The Balaban J connectivity index is 1.78. The maximum Gasteiger partial charge on any atom is 0.303 e. The van der Waals surface area contributed by atoms with Crippen LogP contribution in [0.5, 0.6) is 0 Å². The van der Waals surface area contributed by atoms with Crippen LogP contribution in [0, 0.1) is 5.92 Å². The van der Waals surface area contributed by atoms with Crippen molar-refractivity contribution in [1.82, 2.24) is 0 Å². The summed E-state index contributed by atoms with van der Waals surface area (Å²) < 4.78 is 0. The molecular formula is C13H24O2. The third-order valence-corrected chi connectivity index (χ3v) is 3.48. The van der Waals surface area contributed by atoms with Gasteiger partial charge in [-0.25, -0.2) is 0 Å². The second-order valence-corrected chi connectivity index (χ2v) is 4.85. The van der Waals surface area contributed by atoms with Crippen LogP contribution < -0.4 is 0 Å². The Morgan fingerprint density at radius 2 is 1.60 bits per heavy atom. The maximum absolute atomic E-state index is 10.3. The Labute approximate surface area is 93.1 Å². The lowest BCUT2D eigenvalue weighted by Crippen LogP contribution is -1.94. The molecule has 0 radical (unpaired) electrons. The molecule has 0 amide bonds. The Bertz CT molecular complexity index is 171. The van der Waals surface area contributed by atoms with Gasteiger partial charge in [0, 0.05) is 6.42 Å². The van der Waals surface area contributed by atoms with Gasteiger partial charge in [-0.3, -0.25) is 4.79 Å². The van der Waals surface area contributed by atoms with Gasteiger partial charge in [0.1, 0.15) is 0 Å². The van der Waals surface area contributed by atoms with E-state index in [9.17, 15) is 4.79 Å². The molecule has 1 N–H and O–H groups in total. The number of rotatable bonds is 8. The fourth-order valence-electron chi connectivity index (χ4n) is 2.54. The highest BCUT2D eigenvalue weighted by Crippen LogP contribution is 2.29. The van der Waals surface area contributed by atoms with Gasteiger partial charge in [-0.15, -0.1) is 0 Å². The smallest absolute Gasteiger partial charge is 0.303 e. The maximum atomic E-state index is 10.3. The van der Waals surface area contributed by atoms with Crippen LogP contribution in [0.1, 0.15) is 70.6 Å². The van der Waals surface area contributed by atoms with Crippen molar-refractivity contribution in [1.29, 1.82) is 0 Å². The van der Waals surface area contributed by atoms with Gasteiger partial charge in [-0.1, -0.05) is 57.8 Å². The molecular weight excluding hydrogens is 188 g/mol. The number of carboxylic acid groups (broad SMARTS) is 1. The summed E-state index contributed by atoms with van der Waals surface area (Å²) in [5, 5.41) is 8.46. The number of carbonyl (C=O) groups is 1. The van der Waals surface area contributed by atoms with Crippen LogP contribution in [0.15, 0.2) is 0 Å². The SMILES string of the molecule is O=C(O)CCCCCCCC1CCCC1. The molecule has 1 aliphatic rings. The van der Waals surface area contributed by atoms with E-state index in [1.165, 1.54) is 51.4 Å². The highest BCUT2D eigenvalue weighted by Gasteiger charge is 2.13. The van der Waals surface area contributed by atoms with Crippen molar-refractivity contribution < 1.29 is 9.90 Å². The fourth-order valence-corrected chi connectivity index (χ4v) is 2.54. The molecule has 0 heterocycles. The molecule has 0 saturated heterocycles. The highest BCUT2D eigenvalue weighted by molar-refractivity contribution is 5.66. The minimum Gasteiger partial charge on any atom is -0.481 e. The molecule has 0 spiro atoms. The minimum absolute atomic E-state index is 0.350. The van der Waals surface area contributed by atoms with E-state index in [0.29, 0.717) is 6.42 Å². The van der Waals surface area contributed by atoms with Crippen LogP contribution >= 0.6 is 0 Å². The quantitative estimate of drug-likeness (QED) is 0.618. The predicted molar refractivity (Wildman–Crippen MR) is 61.9 cm³/mol. The molecule has 2 nitrogen and oxygen atoms in total. The normalized spacial score (nSPS) is 17.1. The number of carboxylic acids is 1. The lowest BCUT2D eigenvalue weighted by atomic mass is 9.99. The first kappa shape index (κ1) is 12.5. The Morgan fingerprint density at radius 1 is 1.00 bits per heavy atom. The Kier molecular flexibility index (Phi) is 6.45.